The Labute approximate surface area is 158 Å². The van der Waals surface area contributed by atoms with E-state index in [1.165, 1.54) is 0 Å². The van der Waals surface area contributed by atoms with Crippen LogP contribution in [0.4, 0.5) is 5.69 Å². The molecule has 0 saturated heterocycles. The van der Waals surface area contributed by atoms with E-state index in [1.807, 2.05) is 0 Å². The second-order valence-corrected chi connectivity index (χ2v) is 7.59. The maximum Gasteiger partial charge on any atom is 0.331 e. The number of benzene rings is 1. The standard InChI is InChI=1S/C20H25NO6/c1-19(25)11-5-8-15-20(19,27-17(24)10-9-16(23)26-15)12-13-6-4-7-14(22)18(13)21(2)3/h4,6-7,9-10,15,22,25H,5,8,11-12H2,1-3H3/b10-9+. The number of hydrogen-bond donors (Lipinski definition) is 2. The second-order valence-electron chi connectivity index (χ2n) is 7.59. The van der Waals surface area contributed by atoms with Crippen molar-refractivity contribution in [1.82, 2.24) is 0 Å². The number of hydrogen-bond acceptors (Lipinski definition) is 7. The van der Waals surface area contributed by atoms with Crippen LogP contribution in [0.15, 0.2) is 30.4 Å². The van der Waals surface area contributed by atoms with E-state index in [4.69, 9.17) is 9.47 Å². The second kappa shape index (κ2) is 6.88. The Balaban J connectivity index is 2.14. The van der Waals surface area contributed by atoms with Gasteiger partial charge in [-0.2, -0.15) is 0 Å². The lowest BCUT2D eigenvalue weighted by Crippen LogP contribution is -2.66. The van der Waals surface area contributed by atoms with Crippen LogP contribution in [0.1, 0.15) is 31.7 Å². The molecule has 3 unspecified atom stereocenters. The summed E-state index contributed by atoms with van der Waals surface area (Å²) in [6.07, 6.45) is 2.86. The highest BCUT2D eigenvalue weighted by molar-refractivity contribution is 5.92. The van der Waals surface area contributed by atoms with Crippen LogP contribution in [0.5, 0.6) is 5.75 Å². The lowest BCUT2D eigenvalue weighted by Gasteiger charge is -2.51. The Morgan fingerprint density at radius 1 is 1.22 bits per heavy atom. The van der Waals surface area contributed by atoms with E-state index in [0.717, 1.165) is 12.2 Å². The molecule has 0 spiro atoms. The largest absolute Gasteiger partial charge is 0.506 e. The first-order valence-electron chi connectivity index (χ1n) is 8.98. The number of nitrogens with zero attached hydrogens (tertiary/aromatic N) is 1. The number of carbonyl (C=O) groups excluding carboxylic acids is 2. The van der Waals surface area contributed by atoms with Crippen molar-refractivity contribution in [3.05, 3.63) is 35.9 Å². The third-order valence-corrected chi connectivity index (χ3v) is 5.46. The third-order valence-electron chi connectivity index (χ3n) is 5.46. The van der Waals surface area contributed by atoms with Crippen LogP contribution in [0.2, 0.25) is 0 Å². The molecule has 146 valence electrons. The highest BCUT2D eigenvalue weighted by Gasteiger charge is 2.60. The summed E-state index contributed by atoms with van der Waals surface area (Å²) in [5, 5.41) is 21.5. The van der Waals surface area contributed by atoms with Crippen molar-refractivity contribution >= 4 is 17.6 Å². The molecule has 2 N–H and O–H groups in total. The minimum absolute atomic E-state index is 0.0787. The molecular weight excluding hydrogens is 350 g/mol. The molecule has 2 aliphatic rings. The summed E-state index contributed by atoms with van der Waals surface area (Å²) in [7, 11) is 3.58. The van der Waals surface area contributed by atoms with E-state index in [9.17, 15) is 19.8 Å². The Kier molecular flexibility index (Phi) is 4.90. The first-order valence-corrected chi connectivity index (χ1v) is 8.98. The zero-order chi connectivity index (χ0) is 19.8. The molecule has 3 rings (SSSR count). The average Bonchev–Trinajstić information content (AvgIpc) is 2.56. The van der Waals surface area contributed by atoms with Crippen LogP contribution < -0.4 is 4.90 Å². The van der Waals surface area contributed by atoms with Gasteiger partial charge in [-0.25, -0.2) is 9.59 Å². The number of anilines is 1. The molecule has 0 amide bonds. The van der Waals surface area contributed by atoms with E-state index in [2.05, 4.69) is 0 Å². The van der Waals surface area contributed by atoms with Crippen molar-refractivity contribution in [2.75, 3.05) is 19.0 Å². The predicted molar refractivity (Wildman–Crippen MR) is 98.5 cm³/mol. The molecule has 0 radical (unpaired) electrons. The third kappa shape index (κ3) is 3.39. The molecule has 0 aromatic heterocycles. The molecule has 3 atom stereocenters. The highest BCUT2D eigenvalue weighted by Crippen LogP contribution is 2.46. The monoisotopic (exact) mass is 375 g/mol. The van der Waals surface area contributed by atoms with Crippen LogP contribution in [0, 0.1) is 0 Å². The first-order chi connectivity index (χ1) is 12.7. The Morgan fingerprint density at radius 3 is 2.63 bits per heavy atom. The zero-order valence-corrected chi connectivity index (χ0v) is 15.8. The van der Waals surface area contributed by atoms with Gasteiger partial charge >= 0.3 is 11.9 Å². The molecule has 1 aromatic carbocycles. The Morgan fingerprint density at radius 2 is 1.93 bits per heavy atom. The van der Waals surface area contributed by atoms with Gasteiger partial charge < -0.3 is 24.6 Å². The van der Waals surface area contributed by atoms with Gasteiger partial charge in [0.2, 0.25) is 0 Å². The van der Waals surface area contributed by atoms with Crippen LogP contribution in [-0.2, 0) is 25.5 Å². The van der Waals surface area contributed by atoms with Gasteiger partial charge in [-0.1, -0.05) is 12.1 Å². The lowest BCUT2D eigenvalue weighted by atomic mass is 9.67. The average molecular weight is 375 g/mol. The number of para-hydroxylation sites is 1. The van der Waals surface area contributed by atoms with Gasteiger partial charge in [0.15, 0.2) is 5.60 Å². The van der Waals surface area contributed by atoms with Crippen molar-refractivity contribution in [1.29, 1.82) is 0 Å². The van der Waals surface area contributed by atoms with Gasteiger partial charge in [-0.05, 0) is 37.8 Å². The van der Waals surface area contributed by atoms with Crippen LogP contribution in [0.25, 0.3) is 0 Å². The molecule has 1 saturated carbocycles. The molecule has 0 bridgehead atoms. The van der Waals surface area contributed by atoms with Crippen molar-refractivity contribution in [2.45, 2.75) is 49.9 Å². The summed E-state index contributed by atoms with van der Waals surface area (Å²) in [6, 6.07) is 5.06. The minimum atomic E-state index is -1.46. The van der Waals surface area contributed by atoms with E-state index < -0.39 is 29.2 Å². The zero-order valence-electron chi connectivity index (χ0n) is 15.8. The normalized spacial score (nSPS) is 31.8. The molecule has 1 aliphatic heterocycles. The molecule has 7 nitrogen and oxygen atoms in total. The van der Waals surface area contributed by atoms with Gasteiger partial charge in [0.05, 0.1) is 5.69 Å². The lowest BCUT2D eigenvalue weighted by molar-refractivity contribution is -0.241. The fourth-order valence-electron chi connectivity index (χ4n) is 4.14. The molecular formula is C20H25NO6. The van der Waals surface area contributed by atoms with E-state index in [-0.39, 0.29) is 12.2 Å². The fraction of sp³-hybridized carbons (Fsp3) is 0.500. The van der Waals surface area contributed by atoms with Gasteiger partial charge in [0, 0.05) is 32.7 Å². The van der Waals surface area contributed by atoms with Gasteiger partial charge in [0.25, 0.3) is 0 Å². The van der Waals surface area contributed by atoms with Crippen LogP contribution in [0.3, 0.4) is 0 Å². The minimum Gasteiger partial charge on any atom is -0.506 e. The van der Waals surface area contributed by atoms with E-state index >= 15 is 0 Å². The first kappa shape index (κ1) is 19.2. The summed E-state index contributed by atoms with van der Waals surface area (Å²) in [5.74, 6) is -1.26. The number of fused-ring (bicyclic) bond motifs is 1. The summed E-state index contributed by atoms with van der Waals surface area (Å²) >= 11 is 0. The number of phenolic OH excluding ortho intramolecular Hbond substituents is 1. The number of ether oxygens (including phenoxy) is 2. The van der Waals surface area contributed by atoms with E-state index in [0.29, 0.717) is 30.5 Å². The number of aliphatic hydroxyl groups is 1. The SMILES string of the molecule is CN(C)c1c(O)cccc1CC12OC(=O)/C=C/C(=O)OC1CCCC2(C)O. The maximum atomic E-state index is 12.3. The smallest absolute Gasteiger partial charge is 0.331 e. The molecule has 27 heavy (non-hydrogen) atoms. The number of phenols is 1. The molecule has 1 aliphatic carbocycles. The molecule has 1 heterocycles. The maximum absolute atomic E-state index is 12.3. The van der Waals surface area contributed by atoms with Gasteiger partial charge in [-0.15, -0.1) is 0 Å². The summed E-state index contributed by atoms with van der Waals surface area (Å²) in [5.41, 5.74) is -1.62. The Hall–Kier alpha value is -2.54. The van der Waals surface area contributed by atoms with Crippen LogP contribution in [-0.4, -0.2) is 53.6 Å². The van der Waals surface area contributed by atoms with Crippen molar-refractivity contribution < 1.29 is 29.3 Å². The Bertz CT molecular complexity index is 785. The number of aromatic hydroxyl groups is 1. The molecule has 7 heteroatoms. The number of esters is 2. The van der Waals surface area contributed by atoms with Gasteiger partial charge in [-0.3, -0.25) is 0 Å². The molecule has 1 aromatic rings. The molecule has 1 fully saturated rings. The van der Waals surface area contributed by atoms with Gasteiger partial charge in [0.1, 0.15) is 17.5 Å². The predicted octanol–water partition coefficient (Wildman–Crippen LogP) is 1.70. The number of rotatable bonds is 3. The van der Waals surface area contributed by atoms with Crippen LogP contribution >= 0.6 is 0 Å². The fourth-order valence-corrected chi connectivity index (χ4v) is 4.14. The highest BCUT2D eigenvalue weighted by atomic mass is 16.6. The number of carbonyl (C=O) groups is 2. The summed E-state index contributed by atoms with van der Waals surface area (Å²) in [4.78, 5) is 26.1. The van der Waals surface area contributed by atoms with E-state index in [1.54, 1.807) is 44.1 Å². The van der Waals surface area contributed by atoms with Crippen molar-refractivity contribution in [3.8, 4) is 5.75 Å². The summed E-state index contributed by atoms with van der Waals surface area (Å²) < 4.78 is 11.3. The quantitative estimate of drug-likeness (QED) is 0.776. The summed E-state index contributed by atoms with van der Waals surface area (Å²) in [6.45, 7) is 1.60. The topological polar surface area (TPSA) is 96.3 Å². The van der Waals surface area contributed by atoms with Crippen molar-refractivity contribution in [2.24, 2.45) is 0 Å². The van der Waals surface area contributed by atoms with Crippen molar-refractivity contribution in [3.63, 3.8) is 0 Å².